The maximum Gasteiger partial charge on any atom is 0.408 e. The van der Waals surface area contributed by atoms with E-state index in [4.69, 9.17) is 14.9 Å². The molecule has 0 aliphatic carbocycles. The summed E-state index contributed by atoms with van der Waals surface area (Å²) in [6, 6.07) is 6.01. The topological polar surface area (TPSA) is 171 Å². The molecule has 5 N–H and O–H groups in total. The Hall–Kier alpha value is -3.89. The van der Waals surface area contributed by atoms with E-state index in [1.165, 1.54) is 12.5 Å². The van der Waals surface area contributed by atoms with Crippen LogP contribution >= 0.6 is 0 Å². The fourth-order valence-electron chi connectivity index (χ4n) is 2.38. The fraction of sp³-hybridized carbons (Fsp3) is 0.278. The number of carboxylic acids is 2. The van der Waals surface area contributed by atoms with Gasteiger partial charge in [0.05, 0.1) is 12.7 Å². The number of imidazole rings is 1. The number of rotatable bonds is 10. The molecule has 2 amide bonds. The maximum atomic E-state index is 12.5. The Morgan fingerprint density at radius 1 is 1.07 bits per heavy atom. The van der Waals surface area contributed by atoms with Crippen LogP contribution < -0.4 is 10.6 Å². The van der Waals surface area contributed by atoms with Crippen molar-refractivity contribution in [2.75, 3.05) is 0 Å². The highest BCUT2D eigenvalue weighted by atomic mass is 16.5. The second kappa shape index (κ2) is 10.4. The molecular formula is C18H20N4O7. The largest absolute Gasteiger partial charge is 0.481 e. The van der Waals surface area contributed by atoms with Gasteiger partial charge in [-0.2, -0.15) is 0 Å². The summed E-state index contributed by atoms with van der Waals surface area (Å²) in [5.41, 5.74) is 1.24. The second-order valence-corrected chi connectivity index (χ2v) is 6.04. The summed E-state index contributed by atoms with van der Waals surface area (Å²) in [4.78, 5) is 53.2. The van der Waals surface area contributed by atoms with Gasteiger partial charge in [0.2, 0.25) is 5.91 Å². The summed E-state index contributed by atoms with van der Waals surface area (Å²) in [6.45, 7) is -0.0260. The molecule has 0 aliphatic rings. The molecule has 2 atom stereocenters. The van der Waals surface area contributed by atoms with Crippen LogP contribution in [0.5, 0.6) is 0 Å². The predicted molar refractivity (Wildman–Crippen MR) is 97.7 cm³/mol. The number of H-pyrrole nitrogens is 1. The highest BCUT2D eigenvalue weighted by Crippen LogP contribution is 2.04. The predicted octanol–water partition coefficient (Wildman–Crippen LogP) is 0.291. The lowest BCUT2D eigenvalue weighted by Gasteiger charge is -2.20. The third-order valence-corrected chi connectivity index (χ3v) is 3.79. The van der Waals surface area contributed by atoms with Crippen molar-refractivity contribution < 1.29 is 34.1 Å². The first-order chi connectivity index (χ1) is 13.8. The van der Waals surface area contributed by atoms with Crippen LogP contribution in [0.25, 0.3) is 0 Å². The van der Waals surface area contributed by atoms with Crippen molar-refractivity contribution in [1.29, 1.82) is 0 Å². The summed E-state index contributed by atoms with van der Waals surface area (Å²) in [5, 5.41) is 22.4. The molecule has 29 heavy (non-hydrogen) atoms. The van der Waals surface area contributed by atoms with Gasteiger partial charge in [0, 0.05) is 18.3 Å². The zero-order chi connectivity index (χ0) is 21.2. The molecule has 0 unspecified atom stereocenters. The van der Waals surface area contributed by atoms with E-state index < -0.39 is 42.4 Å². The summed E-state index contributed by atoms with van der Waals surface area (Å²) in [5.74, 6) is -3.77. The summed E-state index contributed by atoms with van der Waals surface area (Å²) in [6.07, 6.45) is 1.08. The minimum Gasteiger partial charge on any atom is -0.481 e. The Bertz CT molecular complexity index is 839. The third kappa shape index (κ3) is 7.33. The number of benzene rings is 1. The van der Waals surface area contributed by atoms with E-state index in [0.29, 0.717) is 5.69 Å². The fourth-order valence-corrected chi connectivity index (χ4v) is 2.38. The number of hydrogen-bond donors (Lipinski definition) is 5. The van der Waals surface area contributed by atoms with Crippen LogP contribution in [-0.2, 0) is 32.1 Å². The number of amides is 2. The summed E-state index contributed by atoms with van der Waals surface area (Å²) >= 11 is 0. The lowest BCUT2D eigenvalue weighted by molar-refractivity contribution is -0.147. The molecule has 1 heterocycles. The molecule has 1 aromatic heterocycles. The van der Waals surface area contributed by atoms with Gasteiger partial charge in [0.15, 0.2) is 0 Å². The molecule has 154 valence electrons. The van der Waals surface area contributed by atoms with Crippen LogP contribution in [-0.4, -0.2) is 56.2 Å². The molecule has 0 spiro atoms. The number of carboxylic acid groups (broad SMARTS) is 2. The van der Waals surface area contributed by atoms with Crippen molar-refractivity contribution in [1.82, 2.24) is 20.6 Å². The van der Waals surface area contributed by atoms with Crippen molar-refractivity contribution in [2.45, 2.75) is 31.5 Å². The zero-order valence-corrected chi connectivity index (χ0v) is 15.2. The minimum atomic E-state index is -1.65. The quantitative estimate of drug-likeness (QED) is 0.376. The Balaban J connectivity index is 2.03. The van der Waals surface area contributed by atoms with Crippen molar-refractivity contribution in [2.24, 2.45) is 0 Å². The van der Waals surface area contributed by atoms with Crippen molar-refractivity contribution >= 4 is 23.9 Å². The average Bonchev–Trinajstić information content (AvgIpc) is 3.19. The molecule has 0 saturated carbocycles. The molecular weight excluding hydrogens is 384 g/mol. The normalized spacial score (nSPS) is 12.4. The molecule has 2 aromatic rings. The Morgan fingerprint density at radius 3 is 2.38 bits per heavy atom. The number of hydrogen-bond acceptors (Lipinski definition) is 6. The number of aromatic amines is 1. The summed E-state index contributed by atoms with van der Waals surface area (Å²) < 4.78 is 5.08. The van der Waals surface area contributed by atoms with Gasteiger partial charge in [0.1, 0.15) is 18.7 Å². The average molecular weight is 404 g/mol. The van der Waals surface area contributed by atoms with Gasteiger partial charge >= 0.3 is 18.0 Å². The molecule has 11 nitrogen and oxygen atoms in total. The number of nitrogens with zero attached hydrogens (tertiary/aromatic N) is 1. The van der Waals surface area contributed by atoms with Gasteiger partial charge in [-0.15, -0.1) is 0 Å². The van der Waals surface area contributed by atoms with Crippen molar-refractivity contribution in [3.63, 3.8) is 0 Å². The SMILES string of the molecule is O=C(O)C[C@H](NC(=O)[C@H](Cc1cnc[nH]1)NC(=O)OCc1ccccc1)C(=O)O. The number of aliphatic carboxylic acids is 2. The van der Waals surface area contributed by atoms with E-state index in [-0.39, 0.29) is 13.0 Å². The summed E-state index contributed by atoms with van der Waals surface area (Å²) in [7, 11) is 0. The van der Waals surface area contributed by atoms with E-state index in [9.17, 15) is 19.2 Å². The lowest BCUT2D eigenvalue weighted by Crippen LogP contribution is -2.53. The molecule has 0 fully saturated rings. The van der Waals surface area contributed by atoms with Gasteiger partial charge in [0.25, 0.3) is 0 Å². The highest BCUT2D eigenvalue weighted by Gasteiger charge is 2.29. The Labute approximate surface area is 165 Å². The molecule has 1 aromatic carbocycles. The molecule has 0 saturated heterocycles. The Kier molecular flexibility index (Phi) is 7.71. The van der Waals surface area contributed by atoms with Crippen LogP contribution in [0.1, 0.15) is 17.7 Å². The van der Waals surface area contributed by atoms with Gasteiger partial charge in [-0.05, 0) is 5.56 Å². The monoisotopic (exact) mass is 404 g/mol. The standard InChI is InChI=1S/C18H20N4O7/c23-15(24)7-14(17(26)27)21-16(25)13(6-12-8-19-10-20-12)22-18(28)29-9-11-4-2-1-3-5-11/h1-5,8,10,13-14H,6-7,9H2,(H,19,20)(H,21,25)(H,22,28)(H,23,24)(H,26,27)/t13-,14-/m0/s1. The van der Waals surface area contributed by atoms with Gasteiger partial charge in [-0.25, -0.2) is 14.6 Å². The lowest BCUT2D eigenvalue weighted by atomic mass is 10.1. The molecule has 0 aliphatic heterocycles. The second-order valence-electron chi connectivity index (χ2n) is 6.04. The van der Waals surface area contributed by atoms with E-state index in [1.807, 2.05) is 6.07 Å². The minimum absolute atomic E-state index is 0.0260. The van der Waals surface area contributed by atoms with Crippen LogP contribution in [0, 0.1) is 0 Å². The Morgan fingerprint density at radius 2 is 1.79 bits per heavy atom. The van der Waals surface area contributed by atoms with Gasteiger partial charge < -0.3 is 30.6 Å². The molecule has 0 radical (unpaired) electrons. The molecule has 0 bridgehead atoms. The van der Waals surface area contributed by atoms with Crippen LogP contribution in [0.4, 0.5) is 4.79 Å². The first kappa shape index (κ1) is 21.4. The maximum absolute atomic E-state index is 12.5. The number of carbonyl (C=O) groups is 4. The first-order valence-electron chi connectivity index (χ1n) is 8.54. The highest BCUT2D eigenvalue weighted by molar-refractivity contribution is 5.91. The van der Waals surface area contributed by atoms with Gasteiger partial charge in [-0.1, -0.05) is 30.3 Å². The number of nitrogens with one attached hydrogen (secondary N) is 3. The van der Waals surface area contributed by atoms with Crippen LogP contribution in [0.2, 0.25) is 0 Å². The van der Waals surface area contributed by atoms with Crippen LogP contribution in [0.3, 0.4) is 0 Å². The molecule has 2 rings (SSSR count). The first-order valence-corrected chi connectivity index (χ1v) is 8.54. The smallest absolute Gasteiger partial charge is 0.408 e. The molecule has 11 heteroatoms. The van der Waals surface area contributed by atoms with E-state index in [1.54, 1.807) is 24.3 Å². The van der Waals surface area contributed by atoms with Crippen molar-refractivity contribution in [3.05, 3.63) is 54.1 Å². The van der Waals surface area contributed by atoms with Crippen LogP contribution in [0.15, 0.2) is 42.9 Å². The van der Waals surface area contributed by atoms with E-state index in [0.717, 1.165) is 5.56 Å². The van der Waals surface area contributed by atoms with Crippen molar-refractivity contribution in [3.8, 4) is 0 Å². The number of aromatic nitrogens is 2. The number of alkyl carbamates (subject to hydrolysis) is 1. The van der Waals surface area contributed by atoms with Gasteiger partial charge in [-0.3, -0.25) is 9.59 Å². The van der Waals surface area contributed by atoms with E-state index in [2.05, 4.69) is 20.6 Å². The third-order valence-electron chi connectivity index (χ3n) is 3.79. The number of ether oxygens (including phenoxy) is 1. The zero-order valence-electron chi connectivity index (χ0n) is 15.2. The van der Waals surface area contributed by atoms with E-state index >= 15 is 0 Å². The number of carbonyl (C=O) groups excluding carboxylic acids is 2.